The second-order valence-electron chi connectivity index (χ2n) is 3.83. The van der Waals surface area contributed by atoms with E-state index >= 15 is 0 Å². The molecular weight excluding hydrogens is 239 g/mol. The van der Waals surface area contributed by atoms with Crippen LogP contribution >= 0.6 is 11.6 Å². The average molecular weight is 251 g/mol. The van der Waals surface area contributed by atoms with Crippen LogP contribution < -0.4 is 0 Å². The Labute approximate surface area is 105 Å². The smallest absolute Gasteiger partial charge is 0.134 e. The molecule has 1 heterocycles. The summed E-state index contributed by atoms with van der Waals surface area (Å²) in [5, 5.41) is 0. The molecule has 0 aliphatic carbocycles. The van der Waals surface area contributed by atoms with Crippen molar-refractivity contribution in [2.75, 3.05) is 5.88 Å². The zero-order chi connectivity index (χ0) is 12.3. The third-order valence-electron chi connectivity index (χ3n) is 2.35. The van der Waals surface area contributed by atoms with Crippen molar-refractivity contribution in [3.05, 3.63) is 53.5 Å². The van der Waals surface area contributed by atoms with E-state index in [2.05, 4.69) is 0 Å². The van der Waals surface area contributed by atoms with E-state index in [9.17, 15) is 4.39 Å². The van der Waals surface area contributed by atoms with E-state index in [0.717, 1.165) is 22.7 Å². The Morgan fingerprint density at radius 1 is 1.24 bits per heavy atom. The maximum atomic E-state index is 12.8. The molecule has 0 amide bonds. The third-order valence-corrected chi connectivity index (χ3v) is 2.78. The van der Waals surface area contributed by atoms with E-state index < -0.39 is 0 Å². The summed E-state index contributed by atoms with van der Waals surface area (Å²) in [5.41, 5.74) is 1.89. The summed E-state index contributed by atoms with van der Waals surface area (Å²) in [6, 6.07) is 9.94. The van der Waals surface area contributed by atoms with Gasteiger partial charge in [0, 0.05) is 11.4 Å². The van der Waals surface area contributed by atoms with Crippen LogP contribution in [-0.2, 0) is 0 Å². The molecule has 0 fully saturated rings. The van der Waals surface area contributed by atoms with Gasteiger partial charge < -0.3 is 4.42 Å². The SMILES string of the molecule is CC(=Cc1ccc(-c2ccc(F)cc2)o1)CCl. The summed E-state index contributed by atoms with van der Waals surface area (Å²) in [5.74, 6) is 1.70. The van der Waals surface area contributed by atoms with Crippen LogP contribution in [0, 0.1) is 5.82 Å². The highest BCUT2D eigenvalue weighted by molar-refractivity contribution is 6.19. The van der Waals surface area contributed by atoms with Crippen molar-refractivity contribution < 1.29 is 8.81 Å². The number of rotatable bonds is 3. The maximum absolute atomic E-state index is 12.8. The number of allylic oxidation sites excluding steroid dienone is 1. The lowest BCUT2D eigenvalue weighted by Crippen LogP contribution is -1.76. The fourth-order valence-electron chi connectivity index (χ4n) is 1.48. The molecular formula is C14H12ClFO. The Hall–Kier alpha value is -1.54. The van der Waals surface area contributed by atoms with Crippen LogP contribution in [0.3, 0.4) is 0 Å². The molecule has 0 saturated heterocycles. The molecule has 0 unspecified atom stereocenters. The monoisotopic (exact) mass is 250 g/mol. The van der Waals surface area contributed by atoms with Crippen molar-refractivity contribution in [2.45, 2.75) is 6.92 Å². The molecule has 2 aromatic rings. The van der Waals surface area contributed by atoms with E-state index in [0.29, 0.717) is 5.88 Å². The minimum atomic E-state index is -0.251. The molecule has 1 aromatic carbocycles. The summed E-state index contributed by atoms with van der Waals surface area (Å²) in [4.78, 5) is 0. The molecule has 0 aliphatic heterocycles. The Bertz CT molecular complexity index is 525. The summed E-state index contributed by atoms with van der Waals surface area (Å²) in [6.45, 7) is 1.94. The highest BCUT2D eigenvalue weighted by Crippen LogP contribution is 2.23. The van der Waals surface area contributed by atoms with Crippen molar-refractivity contribution in [2.24, 2.45) is 0 Å². The highest BCUT2D eigenvalue weighted by atomic mass is 35.5. The van der Waals surface area contributed by atoms with Crippen LogP contribution in [-0.4, -0.2) is 5.88 Å². The van der Waals surface area contributed by atoms with Gasteiger partial charge in [0.15, 0.2) is 0 Å². The lowest BCUT2D eigenvalue weighted by atomic mass is 10.2. The topological polar surface area (TPSA) is 13.1 Å². The fraction of sp³-hybridized carbons (Fsp3) is 0.143. The van der Waals surface area contributed by atoms with Crippen LogP contribution in [0.4, 0.5) is 4.39 Å². The van der Waals surface area contributed by atoms with E-state index in [-0.39, 0.29) is 5.82 Å². The van der Waals surface area contributed by atoms with Crippen molar-refractivity contribution >= 4 is 17.7 Å². The number of halogens is 2. The first-order chi connectivity index (χ1) is 8.19. The molecule has 0 radical (unpaired) electrons. The van der Waals surface area contributed by atoms with E-state index in [1.165, 1.54) is 12.1 Å². The van der Waals surface area contributed by atoms with Crippen molar-refractivity contribution in [1.82, 2.24) is 0 Å². The van der Waals surface area contributed by atoms with Crippen LogP contribution in [0.1, 0.15) is 12.7 Å². The van der Waals surface area contributed by atoms with Gasteiger partial charge in [-0.25, -0.2) is 4.39 Å². The first-order valence-electron chi connectivity index (χ1n) is 5.28. The lowest BCUT2D eigenvalue weighted by molar-refractivity contribution is 0.571. The van der Waals surface area contributed by atoms with E-state index in [1.54, 1.807) is 12.1 Å². The highest BCUT2D eigenvalue weighted by Gasteiger charge is 2.03. The van der Waals surface area contributed by atoms with Gasteiger partial charge in [0.2, 0.25) is 0 Å². The summed E-state index contributed by atoms with van der Waals surface area (Å²) < 4.78 is 18.4. The minimum Gasteiger partial charge on any atom is -0.457 e. The molecule has 88 valence electrons. The Kier molecular flexibility index (Phi) is 3.64. The molecule has 3 heteroatoms. The molecule has 1 nitrogen and oxygen atoms in total. The molecule has 17 heavy (non-hydrogen) atoms. The average Bonchev–Trinajstić information content (AvgIpc) is 2.78. The number of hydrogen-bond donors (Lipinski definition) is 0. The Balaban J connectivity index is 2.27. The van der Waals surface area contributed by atoms with Crippen LogP contribution in [0.2, 0.25) is 0 Å². The van der Waals surface area contributed by atoms with Gasteiger partial charge in [0.05, 0.1) is 0 Å². The molecule has 0 bridgehead atoms. The number of furan rings is 1. The standard InChI is InChI=1S/C14H12ClFO/c1-10(9-15)8-13-6-7-14(17-13)11-2-4-12(16)5-3-11/h2-8H,9H2,1H3. The molecule has 0 aliphatic rings. The van der Waals surface area contributed by atoms with Gasteiger partial charge in [-0.1, -0.05) is 5.57 Å². The fourth-order valence-corrected chi connectivity index (χ4v) is 1.56. The van der Waals surface area contributed by atoms with E-state index in [4.69, 9.17) is 16.0 Å². The van der Waals surface area contributed by atoms with Gasteiger partial charge in [0.1, 0.15) is 17.3 Å². The molecule has 2 rings (SSSR count). The molecule has 0 atom stereocenters. The first kappa shape index (κ1) is 11.9. The van der Waals surface area contributed by atoms with Gasteiger partial charge in [-0.2, -0.15) is 0 Å². The van der Waals surface area contributed by atoms with Crippen molar-refractivity contribution in [3.63, 3.8) is 0 Å². The Morgan fingerprint density at radius 3 is 2.59 bits per heavy atom. The third kappa shape index (κ3) is 2.98. The van der Waals surface area contributed by atoms with Crippen molar-refractivity contribution in [3.8, 4) is 11.3 Å². The second kappa shape index (κ2) is 5.19. The van der Waals surface area contributed by atoms with Gasteiger partial charge in [-0.15, -0.1) is 11.6 Å². The lowest BCUT2D eigenvalue weighted by Gasteiger charge is -1.96. The van der Waals surface area contributed by atoms with Crippen molar-refractivity contribution in [1.29, 1.82) is 0 Å². The summed E-state index contributed by atoms with van der Waals surface area (Å²) in [6.07, 6.45) is 1.89. The van der Waals surface area contributed by atoms with Gasteiger partial charge in [0.25, 0.3) is 0 Å². The number of hydrogen-bond acceptors (Lipinski definition) is 1. The predicted molar refractivity (Wildman–Crippen MR) is 68.5 cm³/mol. The Morgan fingerprint density at radius 2 is 1.94 bits per heavy atom. The quantitative estimate of drug-likeness (QED) is 0.718. The molecule has 0 spiro atoms. The largest absolute Gasteiger partial charge is 0.457 e. The molecule has 1 aromatic heterocycles. The van der Waals surface area contributed by atoms with Gasteiger partial charge in [-0.05, 0) is 49.4 Å². The molecule has 0 N–H and O–H groups in total. The second-order valence-corrected chi connectivity index (χ2v) is 4.10. The maximum Gasteiger partial charge on any atom is 0.134 e. The zero-order valence-corrected chi connectivity index (χ0v) is 10.2. The minimum absolute atomic E-state index is 0.251. The summed E-state index contributed by atoms with van der Waals surface area (Å²) >= 11 is 5.69. The van der Waals surface area contributed by atoms with Crippen LogP contribution in [0.5, 0.6) is 0 Å². The van der Waals surface area contributed by atoms with Crippen LogP contribution in [0.15, 0.2) is 46.4 Å². The molecule has 0 saturated carbocycles. The van der Waals surface area contributed by atoms with Crippen LogP contribution in [0.25, 0.3) is 17.4 Å². The number of benzene rings is 1. The van der Waals surface area contributed by atoms with Gasteiger partial charge >= 0.3 is 0 Å². The zero-order valence-electron chi connectivity index (χ0n) is 9.41. The van der Waals surface area contributed by atoms with E-state index in [1.807, 2.05) is 25.1 Å². The summed E-state index contributed by atoms with van der Waals surface area (Å²) in [7, 11) is 0. The normalized spacial score (nSPS) is 11.8. The number of alkyl halides is 1. The van der Waals surface area contributed by atoms with Gasteiger partial charge in [-0.3, -0.25) is 0 Å². The first-order valence-corrected chi connectivity index (χ1v) is 5.81. The predicted octanol–water partition coefficient (Wildman–Crippen LogP) is 4.73.